The van der Waals surface area contributed by atoms with Crippen LogP contribution in [0.3, 0.4) is 0 Å². The van der Waals surface area contributed by atoms with Crippen molar-refractivity contribution in [3.63, 3.8) is 0 Å². The Morgan fingerprint density at radius 3 is 2.38 bits per heavy atom. The lowest BCUT2D eigenvalue weighted by molar-refractivity contribution is -0.128. The van der Waals surface area contributed by atoms with Crippen molar-refractivity contribution in [1.29, 1.82) is 0 Å². The number of hydrogen-bond acceptors (Lipinski definition) is 7. The van der Waals surface area contributed by atoms with Crippen LogP contribution in [0.5, 0.6) is 0 Å². The zero-order valence-corrected chi connectivity index (χ0v) is 27.3. The van der Waals surface area contributed by atoms with Crippen molar-refractivity contribution in [3.05, 3.63) is 64.4 Å². The van der Waals surface area contributed by atoms with E-state index in [1.54, 1.807) is 21.3 Å². The number of carbonyl (C=O) groups excluding carboxylic acids is 1. The van der Waals surface area contributed by atoms with Gasteiger partial charge in [-0.15, -0.1) is 11.8 Å². The van der Waals surface area contributed by atoms with Crippen molar-refractivity contribution in [2.24, 2.45) is 0 Å². The maximum Gasteiger partial charge on any atom is 0.350 e. The zero-order chi connectivity index (χ0) is 33.7. The molecule has 3 aliphatic heterocycles. The third kappa shape index (κ3) is 6.27. The number of amides is 1. The molecule has 0 aliphatic carbocycles. The molecule has 3 aliphatic rings. The second-order valence-corrected chi connectivity index (χ2v) is 13.7. The van der Waals surface area contributed by atoms with Gasteiger partial charge in [-0.25, -0.2) is 26.7 Å². The molecule has 1 aromatic heterocycles. The molecular weight excluding hydrogens is 639 g/mol. The Balaban J connectivity index is 1.47. The number of benzene rings is 2. The Labute approximate surface area is 273 Å². The minimum atomic E-state index is -2.41. The van der Waals surface area contributed by atoms with Crippen LogP contribution in [-0.2, 0) is 4.79 Å². The van der Waals surface area contributed by atoms with Gasteiger partial charge in [-0.3, -0.25) is 19.2 Å². The molecule has 8 nitrogen and oxygen atoms in total. The quantitative estimate of drug-likeness (QED) is 0.200. The number of piperazine rings is 2. The fourth-order valence-electron chi connectivity index (χ4n) is 7.12. The van der Waals surface area contributed by atoms with E-state index in [9.17, 15) is 27.2 Å². The van der Waals surface area contributed by atoms with Crippen LogP contribution in [-0.4, -0.2) is 107 Å². The van der Waals surface area contributed by atoms with E-state index in [-0.39, 0.29) is 36.1 Å². The molecule has 0 spiro atoms. The average molecular weight is 677 g/mol. The van der Waals surface area contributed by atoms with Crippen LogP contribution in [0.1, 0.15) is 25.5 Å². The number of anilines is 1. The predicted molar refractivity (Wildman–Crippen MR) is 173 cm³/mol. The van der Waals surface area contributed by atoms with Gasteiger partial charge in [-0.2, -0.15) is 4.98 Å². The first-order valence-corrected chi connectivity index (χ1v) is 16.7. The van der Waals surface area contributed by atoms with Crippen LogP contribution >= 0.6 is 11.8 Å². The molecule has 2 saturated heterocycles. The summed E-state index contributed by atoms with van der Waals surface area (Å²) in [4.78, 5) is 39.4. The number of rotatable bonds is 7. The maximum absolute atomic E-state index is 15.3. The first-order valence-electron chi connectivity index (χ1n) is 15.7. The lowest BCUT2D eigenvalue weighted by atomic mass is 9.96. The van der Waals surface area contributed by atoms with Crippen LogP contribution in [0.15, 0.2) is 40.5 Å². The van der Waals surface area contributed by atoms with E-state index in [4.69, 9.17) is 0 Å². The smallest absolute Gasteiger partial charge is 0.349 e. The molecule has 2 fully saturated rings. The fourth-order valence-corrected chi connectivity index (χ4v) is 8.49. The number of alkyl halides is 2. The van der Waals surface area contributed by atoms with E-state index >= 15 is 4.39 Å². The van der Waals surface area contributed by atoms with Gasteiger partial charge < -0.3 is 9.80 Å². The third-order valence-electron chi connectivity index (χ3n) is 9.45. The number of halogens is 5. The van der Waals surface area contributed by atoms with Gasteiger partial charge in [-0.1, -0.05) is 6.58 Å². The SMILES string of the molecule is C=CC(=O)N1C[C@H](C)N(c2nc(=O)n3c4c(c(-c5cc(F)c(F)cc5F)c(C)cc24)SC[C@@H]3CN2CCN(CC(F)F)CC2)C[C@H]1C. The van der Waals surface area contributed by atoms with E-state index in [0.717, 1.165) is 6.07 Å². The van der Waals surface area contributed by atoms with Gasteiger partial charge in [0.25, 0.3) is 6.43 Å². The van der Waals surface area contributed by atoms with Gasteiger partial charge in [0.1, 0.15) is 11.6 Å². The first kappa shape index (κ1) is 33.4. The third-order valence-corrected chi connectivity index (χ3v) is 10.7. The molecule has 3 aromatic rings. The number of aromatic nitrogens is 2. The van der Waals surface area contributed by atoms with Crippen LogP contribution in [0, 0.1) is 24.4 Å². The molecule has 252 valence electrons. The molecule has 2 aromatic carbocycles. The van der Waals surface area contributed by atoms with Crippen molar-refractivity contribution >= 4 is 34.4 Å². The molecule has 0 unspecified atom stereocenters. The van der Waals surface area contributed by atoms with Gasteiger partial charge in [-0.05, 0) is 44.5 Å². The largest absolute Gasteiger partial charge is 0.350 e. The lowest BCUT2D eigenvalue weighted by Gasteiger charge is -2.45. The second-order valence-electron chi connectivity index (χ2n) is 12.6. The number of hydrogen-bond donors (Lipinski definition) is 0. The minimum Gasteiger partial charge on any atom is -0.349 e. The van der Waals surface area contributed by atoms with Crippen LogP contribution < -0.4 is 10.6 Å². The van der Waals surface area contributed by atoms with Gasteiger partial charge in [0.15, 0.2) is 11.6 Å². The Bertz CT molecular complexity index is 1780. The first-order chi connectivity index (χ1) is 22.4. The van der Waals surface area contributed by atoms with Crippen molar-refractivity contribution < 1.29 is 26.7 Å². The maximum atomic E-state index is 15.3. The van der Waals surface area contributed by atoms with Crippen LogP contribution in [0.2, 0.25) is 0 Å². The number of carbonyl (C=O) groups is 1. The summed E-state index contributed by atoms with van der Waals surface area (Å²) in [6, 6.07) is 2.45. The molecule has 0 bridgehead atoms. The highest BCUT2D eigenvalue weighted by atomic mass is 32.2. The Kier molecular flexibility index (Phi) is 9.38. The van der Waals surface area contributed by atoms with Crippen molar-refractivity contribution in [2.45, 2.75) is 50.2 Å². The summed E-state index contributed by atoms with van der Waals surface area (Å²) in [5.74, 6) is -2.70. The summed E-state index contributed by atoms with van der Waals surface area (Å²) < 4.78 is 71.3. The topological polar surface area (TPSA) is 64.9 Å². The zero-order valence-electron chi connectivity index (χ0n) is 26.5. The van der Waals surface area contributed by atoms with Crippen molar-refractivity contribution in [1.82, 2.24) is 24.3 Å². The molecule has 0 radical (unpaired) electrons. The molecular formula is C33H37F5N6O2S. The summed E-state index contributed by atoms with van der Waals surface area (Å²) in [7, 11) is 0. The monoisotopic (exact) mass is 676 g/mol. The Hall–Kier alpha value is -3.49. The van der Waals surface area contributed by atoms with E-state index in [0.29, 0.717) is 90.4 Å². The summed E-state index contributed by atoms with van der Waals surface area (Å²) >= 11 is 1.42. The highest BCUT2D eigenvalue weighted by molar-refractivity contribution is 7.99. The number of nitrogens with zero attached hydrogens (tertiary/aromatic N) is 6. The van der Waals surface area contributed by atoms with E-state index in [1.165, 1.54) is 17.8 Å². The summed E-state index contributed by atoms with van der Waals surface area (Å²) in [5.41, 5.74) is 0.918. The normalized spacial score (nSPS) is 22.4. The van der Waals surface area contributed by atoms with Gasteiger partial charge in [0, 0.05) is 91.1 Å². The van der Waals surface area contributed by atoms with E-state index < -0.39 is 29.6 Å². The molecule has 6 rings (SSSR count). The van der Waals surface area contributed by atoms with E-state index in [1.807, 2.05) is 24.8 Å². The van der Waals surface area contributed by atoms with Gasteiger partial charge >= 0.3 is 5.69 Å². The molecule has 4 heterocycles. The molecule has 0 N–H and O–H groups in total. The molecule has 0 saturated carbocycles. The Morgan fingerprint density at radius 2 is 1.70 bits per heavy atom. The molecule has 14 heteroatoms. The second kappa shape index (κ2) is 13.2. The molecule has 1 amide bonds. The highest BCUT2D eigenvalue weighted by Crippen LogP contribution is 2.47. The highest BCUT2D eigenvalue weighted by Gasteiger charge is 2.36. The van der Waals surface area contributed by atoms with Crippen LogP contribution in [0.25, 0.3) is 22.0 Å². The molecule has 47 heavy (non-hydrogen) atoms. The van der Waals surface area contributed by atoms with E-state index in [2.05, 4.69) is 16.5 Å². The van der Waals surface area contributed by atoms with Crippen LogP contribution in [0.4, 0.5) is 27.8 Å². The number of thioether (sulfide) groups is 1. The standard InChI is InChI=1S/C33H37F5N6O2S/c1-5-28(45)42-13-20(4)43(14-19(42)3)32-23-10-18(2)29(22-11-25(35)26(36)12-24(22)34)31-30(23)44(33(46)39-32)21(17-47-31)15-40-6-8-41(9-7-40)16-27(37)38/h5,10-12,19-21,27H,1,6-9,13-17H2,2-4H3/t19-,20+,21+/m1/s1. The van der Waals surface area contributed by atoms with Gasteiger partial charge in [0.05, 0.1) is 18.1 Å². The molecule has 3 atom stereocenters. The lowest BCUT2D eigenvalue weighted by Crippen LogP contribution is -2.58. The summed E-state index contributed by atoms with van der Waals surface area (Å²) in [5, 5.41) is 0.658. The van der Waals surface area contributed by atoms with Gasteiger partial charge in [0.2, 0.25) is 5.91 Å². The van der Waals surface area contributed by atoms with Crippen molar-refractivity contribution in [3.8, 4) is 11.1 Å². The fraction of sp³-hybridized carbons (Fsp3) is 0.485. The minimum absolute atomic E-state index is 0.102. The average Bonchev–Trinajstić information content (AvgIpc) is 3.02. The summed E-state index contributed by atoms with van der Waals surface area (Å²) in [6.45, 7) is 12.3. The number of aryl methyl sites for hydroxylation is 1. The Morgan fingerprint density at radius 1 is 1.02 bits per heavy atom. The predicted octanol–water partition coefficient (Wildman–Crippen LogP) is 4.93. The summed E-state index contributed by atoms with van der Waals surface area (Å²) in [6.07, 6.45) is -1.12. The van der Waals surface area contributed by atoms with Crippen molar-refractivity contribution in [2.75, 3.05) is 63.0 Å².